The molecule has 26 heavy (non-hydrogen) atoms. The predicted molar refractivity (Wildman–Crippen MR) is 102 cm³/mol. The Bertz CT molecular complexity index is 960. The van der Waals surface area contributed by atoms with Gasteiger partial charge in [0.2, 0.25) is 5.75 Å². The van der Waals surface area contributed by atoms with Crippen LogP contribution in [0, 0.1) is 6.92 Å². The highest BCUT2D eigenvalue weighted by Crippen LogP contribution is 2.38. The largest absolute Gasteiger partial charge is 0.493 e. The SMILES string of the molecule is COc1cc(C(=O)/C=C/c2c[nH]c3cccc(C)c23)cc(OC)c1OC. The Morgan fingerprint density at radius 3 is 2.35 bits per heavy atom. The molecule has 0 spiro atoms. The van der Waals surface area contributed by atoms with E-state index in [9.17, 15) is 4.79 Å². The maximum Gasteiger partial charge on any atom is 0.203 e. The Hall–Kier alpha value is -3.21. The van der Waals surface area contributed by atoms with Crippen molar-refractivity contribution in [1.29, 1.82) is 0 Å². The van der Waals surface area contributed by atoms with E-state index in [1.807, 2.05) is 24.4 Å². The number of fused-ring (bicyclic) bond motifs is 1. The number of benzene rings is 2. The Morgan fingerprint density at radius 1 is 1.04 bits per heavy atom. The first-order chi connectivity index (χ1) is 12.6. The summed E-state index contributed by atoms with van der Waals surface area (Å²) < 4.78 is 15.9. The van der Waals surface area contributed by atoms with Crippen LogP contribution in [0.1, 0.15) is 21.5 Å². The van der Waals surface area contributed by atoms with E-state index in [0.29, 0.717) is 22.8 Å². The average Bonchev–Trinajstić information content (AvgIpc) is 3.09. The lowest BCUT2D eigenvalue weighted by molar-refractivity contribution is 0.104. The normalized spacial score (nSPS) is 11.1. The van der Waals surface area contributed by atoms with Crippen LogP contribution in [0.15, 0.2) is 42.6 Å². The summed E-state index contributed by atoms with van der Waals surface area (Å²) in [7, 11) is 4.58. The van der Waals surface area contributed by atoms with Crippen molar-refractivity contribution in [3.8, 4) is 17.2 Å². The lowest BCUT2D eigenvalue weighted by Crippen LogP contribution is -2.00. The molecule has 0 unspecified atom stereocenters. The summed E-state index contributed by atoms with van der Waals surface area (Å²) in [5, 5.41) is 1.11. The molecule has 0 atom stereocenters. The number of H-pyrrole nitrogens is 1. The van der Waals surface area contributed by atoms with Crippen LogP contribution >= 0.6 is 0 Å². The van der Waals surface area contributed by atoms with Crippen molar-refractivity contribution in [3.63, 3.8) is 0 Å². The van der Waals surface area contributed by atoms with Gasteiger partial charge in [0, 0.05) is 28.2 Å². The van der Waals surface area contributed by atoms with Crippen LogP contribution in [0.3, 0.4) is 0 Å². The minimum atomic E-state index is -0.146. The summed E-state index contributed by atoms with van der Waals surface area (Å²) in [6.45, 7) is 2.05. The zero-order chi connectivity index (χ0) is 18.7. The van der Waals surface area contributed by atoms with Crippen molar-refractivity contribution < 1.29 is 19.0 Å². The molecular formula is C21H21NO4. The smallest absolute Gasteiger partial charge is 0.203 e. The summed E-state index contributed by atoms with van der Waals surface area (Å²) >= 11 is 0. The number of aromatic amines is 1. The Balaban J connectivity index is 1.96. The second-order valence-corrected chi connectivity index (χ2v) is 5.85. The highest BCUT2D eigenvalue weighted by atomic mass is 16.5. The van der Waals surface area contributed by atoms with Crippen molar-refractivity contribution in [2.75, 3.05) is 21.3 Å². The Morgan fingerprint density at radius 2 is 1.73 bits per heavy atom. The third-order valence-corrected chi connectivity index (χ3v) is 4.31. The van der Waals surface area contributed by atoms with Gasteiger partial charge in [-0.1, -0.05) is 12.1 Å². The number of nitrogens with one attached hydrogen (secondary N) is 1. The van der Waals surface area contributed by atoms with Gasteiger partial charge in [0.05, 0.1) is 21.3 Å². The van der Waals surface area contributed by atoms with Gasteiger partial charge in [-0.2, -0.15) is 0 Å². The van der Waals surface area contributed by atoms with E-state index in [1.165, 1.54) is 21.3 Å². The van der Waals surface area contributed by atoms with E-state index in [2.05, 4.69) is 18.0 Å². The van der Waals surface area contributed by atoms with Gasteiger partial charge in [0.25, 0.3) is 0 Å². The molecule has 5 nitrogen and oxygen atoms in total. The van der Waals surface area contributed by atoms with Crippen LogP contribution in [-0.4, -0.2) is 32.1 Å². The van der Waals surface area contributed by atoms with E-state index in [-0.39, 0.29) is 5.78 Å². The first kappa shape index (κ1) is 17.6. The molecule has 0 bridgehead atoms. The number of carbonyl (C=O) groups is 1. The number of aromatic nitrogens is 1. The van der Waals surface area contributed by atoms with Gasteiger partial charge in [-0.05, 0) is 42.8 Å². The molecule has 0 aliphatic heterocycles. The minimum absolute atomic E-state index is 0.146. The number of carbonyl (C=O) groups excluding carboxylic acids is 1. The van der Waals surface area contributed by atoms with Crippen LogP contribution in [-0.2, 0) is 0 Å². The monoisotopic (exact) mass is 351 g/mol. The van der Waals surface area contributed by atoms with Gasteiger partial charge in [-0.3, -0.25) is 4.79 Å². The fourth-order valence-corrected chi connectivity index (χ4v) is 3.02. The lowest BCUT2D eigenvalue weighted by Gasteiger charge is -2.13. The highest BCUT2D eigenvalue weighted by Gasteiger charge is 2.16. The highest BCUT2D eigenvalue weighted by molar-refractivity contribution is 6.08. The molecule has 0 fully saturated rings. The van der Waals surface area contributed by atoms with E-state index >= 15 is 0 Å². The fraction of sp³-hybridized carbons (Fsp3) is 0.190. The topological polar surface area (TPSA) is 60.6 Å². The number of hydrogen-bond donors (Lipinski definition) is 1. The van der Waals surface area contributed by atoms with E-state index in [0.717, 1.165) is 22.0 Å². The molecule has 134 valence electrons. The zero-order valence-corrected chi connectivity index (χ0v) is 15.3. The maximum atomic E-state index is 12.6. The standard InChI is InChI=1S/C21H21NO4/c1-13-6-5-7-16-20(13)14(12-22-16)8-9-17(23)15-10-18(24-2)21(26-4)19(11-15)25-3/h5-12,22H,1-4H3/b9-8+. The van der Waals surface area contributed by atoms with Gasteiger partial charge >= 0.3 is 0 Å². The molecule has 1 heterocycles. The van der Waals surface area contributed by atoms with Gasteiger partial charge < -0.3 is 19.2 Å². The summed E-state index contributed by atoms with van der Waals surface area (Å²) in [4.78, 5) is 15.9. The molecule has 3 rings (SSSR count). The molecule has 0 amide bonds. The van der Waals surface area contributed by atoms with E-state index in [4.69, 9.17) is 14.2 Å². The molecule has 2 aromatic carbocycles. The van der Waals surface area contributed by atoms with Crippen molar-refractivity contribution in [3.05, 3.63) is 59.3 Å². The second-order valence-electron chi connectivity index (χ2n) is 5.85. The van der Waals surface area contributed by atoms with Gasteiger partial charge in [-0.15, -0.1) is 0 Å². The molecule has 0 aliphatic rings. The molecule has 0 aliphatic carbocycles. The maximum absolute atomic E-state index is 12.6. The number of aryl methyl sites for hydroxylation is 1. The average molecular weight is 351 g/mol. The lowest BCUT2D eigenvalue weighted by atomic mass is 10.1. The molecule has 3 aromatic rings. The van der Waals surface area contributed by atoms with E-state index in [1.54, 1.807) is 18.2 Å². The van der Waals surface area contributed by atoms with Crippen LogP contribution in [0.25, 0.3) is 17.0 Å². The third-order valence-electron chi connectivity index (χ3n) is 4.31. The number of hydrogen-bond acceptors (Lipinski definition) is 4. The Labute approximate surface area is 152 Å². The van der Waals surface area contributed by atoms with E-state index < -0.39 is 0 Å². The van der Waals surface area contributed by atoms with Crippen LogP contribution in [0.4, 0.5) is 0 Å². The number of methoxy groups -OCH3 is 3. The number of ketones is 1. The van der Waals surface area contributed by atoms with Crippen molar-refractivity contribution in [2.24, 2.45) is 0 Å². The van der Waals surface area contributed by atoms with Crippen LogP contribution < -0.4 is 14.2 Å². The summed E-state index contributed by atoms with van der Waals surface area (Å²) in [6, 6.07) is 9.36. The van der Waals surface area contributed by atoms with Crippen LogP contribution in [0.2, 0.25) is 0 Å². The molecular weight excluding hydrogens is 330 g/mol. The first-order valence-corrected chi connectivity index (χ1v) is 8.18. The molecule has 1 aromatic heterocycles. The number of rotatable bonds is 6. The summed E-state index contributed by atoms with van der Waals surface area (Å²) in [5.41, 5.74) is 3.64. The van der Waals surface area contributed by atoms with Crippen molar-refractivity contribution >= 4 is 22.8 Å². The predicted octanol–water partition coefficient (Wildman–Crippen LogP) is 4.40. The summed E-state index contributed by atoms with van der Waals surface area (Å²) in [5.74, 6) is 1.22. The first-order valence-electron chi connectivity index (χ1n) is 8.18. The van der Waals surface area contributed by atoms with Gasteiger partial charge in [0.15, 0.2) is 17.3 Å². The molecule has 0 saturated carbocycles. The number of allylic oxidation sites excluding steroid dienone is 1. The van der Waals surface area contributed by atoms with Gasteiger partial charge in [-0.25, -0.2) is 0 Å². The molecule has 0 saturated heterocycles. The Kier molecular flexibility index (Phi) is 4.98. The van der Waals surface area contributed by atoms with Crippen molar-refractivity contribution in [2.45, 2.75) is 6.92 Å². The molecule has 1 N–H and O–H groups in total. The van der Waals surface area contributed by atoms with Crippen molar-refractivity contribution in [1.82, 2.24) is 4.98 Å². The van der Waals surface area contributed by atoms with Crippen LogP contribution in [0.5, 0.6) is 17.2 Å². The number of ether oxygens (including phenoxy) is 3. The summed E-state index contributed by atoms with van der Waals surface area (Å²) in [6.07, 6.45) is 5.27. The minimum Gasteiger partial charge on any atom is -0.493 e. The molecule has 0 radical (unpaired) electrons. The quantitative estimate of drug-likeness (QED) is 0.528. The second kappa shape index (κ2) is 7.35. The fourth-order valence-electron chi connectivity index (χ4n) is 3.02. The molecule has 5 heteroatoms. The zero-order valence-electron chi connectivity index (χ0n) is 15.3. The third kappa shape index (κ3) is 3.16. The van der Waals surface area contributed by atoms with Gasteiger partial charge in [0.1, 0.15) is 0 Å².